The highest BCUT2D eigenvalue weighted by molar-refractivity contribution is 6.30. The highest BCUT2D eigenvalue weighted by Crippen LogP contribution is 2.27. The number of aromatic nitrogens is 2. The maximum atomic E-state index is 5.94. The van der Waals surface area contributed by atoms with Crippen LogP contribution < -0.4 is 10.1 Å². The lowest BCUT2D eigenvalue weighted by Gasteiger charge is -2.21. The number of halogens is 1. The molecule has 0 aliphatic heterocycles. The van der Waals surface area contributed by atoms with Gasteiger partial charge in [-0.3, -0.25) is 9.97 Å². The van der Waals surface area contributed by atoms with E-state index >= 15 is 0 Å². The van der Waals surface area contributed by atoms with Crippen LogP contribution in [0.25, 0.3) is 0 Å². The van der Waals surface area contributed by atoms with Crippen LogP contribution in [-0.4, -0.2) is 15.5 Å². The molecule has 0 spiro atoms. The van der Waals surface area contributed by atoms with Crippen LogP contribution >= 0.6 is 11.6 Å². The number of nitrogens with zero attached hydrogens (tertiary/aromatic N) is 2. The molecular formula is C16H20ClN3O. The zero-order chi connectivity index (χ0) is 15.5. The van der Waals surface area contributed by atoms with Crippen molar-refractivity contribution in [1.29, 1.82) is 0 Å². The molecule has 0 amide bonds. The summed E-state index contributed by atoms with van der Waals surface area (Å²) in [4.78, 5) is 8.37. The third-order valence-corrected chi connectivity index (χ3v) is 3.00. The molecular weight excluding hydrogens is 286 g/mol. The topological polar surface area (TPSA) is 47.0 Å². The van der Waals surface area contributed by atoms with Crippen molar-refractivity contribution in [3.05, 3.63) is 47.0 Å². The molecule has 2 heterocycles. The summed E-state index contributed by atoms with van der Waals surface area (Å²) >= 11 is 5.94. The number of pyridine rings is 2. The number of hydrogen-bond donors (Lipinski definition) is 1. The molecule has 2 aromatic heterocycles. The third-order valence-electron chi connectivity index (χ3n) is 2.80. The summed E-state index contributed by atoms with van der Waals surface area (Å²) in [6, 6.07) is 3.66. The first kappa shape index (κ1) is 15.7. The highest BCUT2D eigenvalue weighted by atomic mass is 35.5. The molecule has 112 valence electrons. The Balaban J connectivity index is 2.23. The second-order valence-electron chi connectivity index (χ2n) is 5.98. The molecule has 1 N–H and O–H groups in total. The Morgan fingerprint density at radius 3 is 2.62 bits per heavy atom. The maximum Gasteiger partial charge on any atom is 0.147 e. The van der Waals surface area contributed by atoms with E-state index in [-0.39, 0.29) is 5.54 Å². The van der Waals surface area contributed by atoms with Gasteiger partial charge in [-0.1, -0.05) is 11.6 Å². The summed E-state index contributed by atoms with van der Waals surface area (Å²) in [5.74, 6) is 1.38. The van der Waals surface area contributed by atoms with Crippen molar-refractivity contribution in [3.8, 4) is 11.5 Å². The summed E-state index contributed by atoms with van der Waals surface area (Å²) in [5, 5.41) is 3.98. The van der Waals surface area contributed by atoms with E-state index in [1.807, 2.05) is 19.2 Å². The SMILES string of the molecule is Cc1cc(Oc2cncc(Cl)c2)c(CNC(C)(C)C)cn1. The summed E-state index contributed by atoms with van der Waals surface area (Å²) < 4.78 is 5.91. The average Bonchev–Trinajstić information content (AvgIpc) is 2.36. The van der Waals surface area contributed by atoms with Crippen LogP contribution in [-0.2, 0) is 6.54 Å². The van der Waals surface area contributed by atoms with Crippen molar-refractivity contribution in [1.82, 2.24) is 15.3 Å². The Bertz CT molecular complexity index is 623. The molecule has 2 rings (SSSR count). The molecule has 0 aliphatic carbocycles. The molecule has 2 aromatic rings. The lowest BCUT2D eigenvalue weighted by Crippen LogP contribution is -2.35. The normalized spacial score (nSPS) is 11.5. The van der Waals surface area contributed by atoms with Gasteiger partial charge < -0.3 is 10.1 Å². The largest absolute Gasteiger partial charge is 0.455 e. The first-order valence-corrected chi connectivity index (χ1v) is 7.20. The number of rotatable bonds is 4. The summed E-state index contributed by atoms with van der Waals surface area (Å²) in [7, 11) is 0. The van der Waals surface area contributed by atoms with Gasteiger partial charge in [-0.2, -0.15) is 0 Å². The Morgan fingerprint density at radius 1 is 1.19 bits per heavy atom. The van der Waals surface area contributed by atoms with E-state index in [4.69, 9.17) is 16.3 Å². The summed E-state index contributed by atoms with van der Waals surface area (Å²) in [5.41, 5.74) is 1.93. The van der Waals surface area contributed by atoms with Gasteiger partial charge in [-0.05, 0) is 27.7 Å². The smallest absolute Gasteiger partial charge is 0.147 e. The Kier molecular flexibility index (Phi) is 4.80. The fraction of sp³-hybridized carbons (Fsp3) is 0.375. The van der Waals surface area contributed by atoms with Crippen molar-refractivity contribution in [2.75, 3.05) is 0 Å². The zero-order valence-corrected chi connectivity index (χ0v) is 13.5. The second-order valence-corrected chi connectivity index (χ2v) is 6.41. The predicted molar refractivity (Wildman–Crippen MR) is 84.9 cm³/mol. The van der Waals surface area contributed by atoms with Crippen molar-refractivity contribution in [2.24, 2.45) is 0 Å². The van der Waals surface area contributed by atoms with Crippen LogP contribution in [0.3, 0.4) is 0 Å². The van der Waals surface area contributed by atoms with Gasteiger partial charge in [-0.25, -0.2) is 0 Å². The van der Waals surface area contributed by atoms with Crippen molar-refractivity contribution in [2.45, 2.75) is 39.8 Å². The molecule has 21 heavy (non-hydrogen) atoms. The number of hydrogen-bond acceptors (Lipinski definition) is 4. The van der Waals surface area contributed by atoms with E-state index in [0.717, 1.165) is 17.0 Å². The maximum absolute atomic E-state index is 5.94. The summed E-state index contributed by atoms with van der Waals surface area (Å²) in [6.45, 7) is 8.98. The lowest BCUT2D eigenvalue weighted by molar-refractivity contribution is 0.413. The van der Waals surface area contributed by atoms with Gasteiger partial charge in [0.05, 0.1) is 11.2 Å². The van der Waals surface area contributed by atoms with Gasteiger partial charge in [0.25, 0.3) is 0 Å². The molecule has 0 aromatic carbocycles. The van der Waals surface area contributed by atoms with E-state index in [1.54, 1.807) is 18.5 Å². The van der Waals surface area contributed by atoms with Crippen LogP contribution in [0.4, 0.5) is 0 Å². The third kappa shape index (κ3) is 4.99. The zero-order valence-electron chi connectivity index (χ0n) is 12.8. The number of ether oxygens (including phenoxy) is 1. The standard InChI is InChI=1S/C16H20ClN3O/c1-11-5-15(21-14-6-13(17)9-18-10-14)12(7-19-11)8-20-16(2,3)4/h5-7,9-10,20H,8H2,1-4H3. The van der Waals surface area contributed by atoms with Crippen LogP contribution in [0.5, 0.6) is 11.5 Å². The van der Waals surface area contributed by atoms with Gasteiger partial charge in [0.15, 0.2) is 0 Å². The van der Waals surface area contributed by atoms with Crippen LogP contribution in [0.15, 0.2) is 30.7 Å². The minimum Gasteiger partial charge on any atom is -0.455 e. The first-order valence-electron chi connectivity index (χ1n) is 6.82. The molecule has 0 unspecified atom stereocenters. The van der Waals surface area contributed by atoms with E-state index in [0.29, 0.717) is 17.3 Å². The van der Waals surface area contributed by atoms with E-state index in [2.05, 4.69) is 36.1 Å². The van der Waals surface area contributed by atoms with Gasteiger partial charge in [0.2, 0.25) is 0 Å². The van der Waals surface area contributed by atoms with E-state index in [9.17, 15) is 0 Å². The molecule has 0 aliphatic rings. The van der Waals surface area contributed by atoms with Crippen LogP contribution in [0, 0.1) is 6.92 Å². The van der Waals surface area contributed by atoms with Gasteiger partial charge in [-0.15, -0.1) is 0 Å². The number of nitrogens with one attached hydrogen (secondary N) is 1. The highest BCUT2D eigenvalue weighted by Gasteiger charge is 2.12. The molecule has 0 atom stereocenters. The monoisotopic (exact) mass is 305 g/mol. The van der Waals surface area contributed by atoms with Crippen molar-refractivity contribution < 1.29 is 4.74 Å². The number of aryl methyl sites for hydroxylation is 1. The minimum atomic E-state index is 0.0275. The fourth-order valence-electron chi connectivity index (χ4n) is 1.73. The molecule has 0 saturated carbocycles. The fourth-order valence-corrected chi connectivity index (χ4v) is 1.89. The van der Waals surface area contributed by atoms with Gasteiger partial charge in [0, 0.05) is 47.9 Å². The predicted octanol–water partition coefficient (Wildman–Crippen LogP) is 4.12. The first-order chi connectivity index (χ1) is 9.83. The quantitative estimate of drug-likeness (QED) is 0.923. The van der Waals surface area contributed by atoms with Gasteiger partial charge >= 0.3 is 0 Å². The molecule has 5 heteroatoms. The molecule has 0 fully saturated rings. The minimum absolute atomic E-state index is 0.0275. The molecule has 4 nitrogen and oxygen atoms in total. The van der Waals surface area contributed by atoms with Crippen molar-refractivity contribution in [3.63, 3.8) is 0 Å². The Morgan fingerprint density at radius 2 is 1.95 bits per heavy atom. The lowest BCUT2D eigenvalue weighted by atomic mass is 10.1. The van der Waals surface area contributed by atoms with Gasteiger partial charge in [0.1, 0.15) is 11.5 Å². The van der Waals surface area contributed by atoms with Crippen LogP contribution in [0.2, 0.25) is 5.02 Å². The van der Waals surface area contributed by atoms with E-state index in [1.165, 1.54) is 0 Å². The summed E-state index contributed by atoms with van der Waals surface area (Å²) in [6.07, 6.45) is 5.05. The Hall–Kier alpha value is -1.65. The average molecular weight is 306 g/mol. The molecule has 0 saturated heterocycles. The molecule has 0 bridgehead atoms. The van der Waals surface area contributed by atoms with E-state index < -0.39 is 0 Å². The van der Waals surface area contributed by atoms with Crippen molar-refractivity contribution >= 4 is 11.6 Å². The molecule has 0 radical (unpaired) electrons. The Labute approximate surface area is 130 Å². The second kappa shape index (κ2) is 6.41. The van der Waals surface area contributed by atoms with Crippen LogP contribution in [0.1, 0.15) is 32.0 Å².